The van der Waals surface area contributed by atoms with Crippen LogP contribution in [-0.2, 0) is 41.9 Å². The van der Waals surface area contributed by atoms with Crippen molar-refractivity contribution in [3.63, 3.8) is 0 Å². The number of hydrogen-bond acceptors (Lipinski definition) is 16. The van der Waals surface area contributed by atoms with Crippen LogP contribution in [0.15, 0.2) is 18.2 Å². The standard InChI is InChI=1S/C34H57N7O13.C2H4O2.Gd/c42-20-25(45)15-35-30(48)5-2-10-39-11-12-40(28(33(51)52)6-8-31(49)36-16-26(46)21-43)13-14-41(19-24-4-1-3-23(18-39)38-24)29(34(53)54)7-9-32(50)37-17-27(47)22-44;1-2(3)4;/h1,3-4,25-29,42-47H,2,5-22H2,(H,35,48)(H,36,49)(H,37,50)(H,51,52)(H,53,54);1H3,(H,3,4);/q;;+3/t25?,26?,27?,28-,29-;;/m1../s1. The molecular weight excluding hydrogens is 928 g/mol. The number of nitrogens with zero attached hydrogens (tertiary/aromatic N) is 4. The number of rotatable bonds is 23. The predicted octanol–water partition coefficient (Wildman–Crippen LogP) is -4.25. The summed E-state index contributed by atoms with van der Waals surface area (Å²) in [6.07, 6.45) is -3.58. The molecule has 23 heteroatoms. The summed E-state index contributed by atoms with van der Waals surface area (Å²) in [7, 11) is 0. The van der Waals surface area contributed by atoms with Crippen molar-refractivity contribution in [1.82, 2.24) is 35.6 Å². The fourth-order valence-corrected chi connectivity index (χ4v) is 5.78. The molecule has 335 valence electrons. The number of carboxylic acids is 3. The molecule has 0 spiro atoms. The maximum Gasteiger partial charge on any atom is 3.00 e. The van der Waals surface area contributed by atoms with E-state index in [0.717, 1.165) is 6.92 Å². The van der Waals surface area contributed by atoms with Crippen molar-refractivity contribution in [3.05, 3.63) is 29.6 Å². The maximum atomic E-state index is 12.7. The fourth-order valence-electron chi connectivity index (χ4n) is 5.78. The minimum Gasteiger partial charge on any atom is -0.481 e. The number of aliphatic hydroxyl groups is 6. The summed E-state index contributed by atoms with van der Waals surface area (Å²) >= 11 is 0. The Morgan fingerprint density at radius 3 is 1.47 bits per heavy atom. The Bertz CT molecular complexity index is 1430. The van der Waals surface area contributed by atoms with Crippen molar-refractivity contribution >= 4 is 35.6 Å². The normalized spacial score (nSPS) is 16.5. The molecule has 2 bridgehead atoms. The van der Waals surface area contributed by atoms with Gasteiger partial charge in [-0.3, -0.25) is 48.5 Å². The average Bonchev–Trinajstić information content (AvgIpc) is 3.17. The van der Waals surface area contributed by atoms with Crippen molar-refractivity contribution in [1.29, 1.82) is 0 Å². The number of fused-ring (bicyclic) bond motifs is 2. The van der Waals surface area contributed by atoms with Crippen LogP contribution >= 0.6 is 0 Å². The van der Waals surface area contributed by atoms with Crippen LogP contribution in [0, 0.1) is 39.9 Å². The number of aliphatic hydroxyl groups excluding tert-OH is 6. The first kappa shape index (κ1) is 55.9. The van der Waals surface area contributed by atoms with E-state index in [9.17, 15) is 49.5 Å². The van der Waals surface area contributed by atoms with Gasteiger partial charge in [-0.1, -0.05) is 6.07 Å². The second-order valence-electron chi connectivity index (χ2n) is 13.7. The number of pyridine rings is 1. The molecule has 22 nitrogen and oxygen atoms in total. The number of carboxylic acid groups (broad SMARTS) is 3. The van der Waals surface area contributed by atoms with E-state index < -0.39 is 79.9 Å². The van der Waals surface area contributed by atoms with Crippen molar-refractivity contribution in [3.8, 4) is 0 Å². The van der Waals surface area contributed by atoms with Gasteiger partial charge in [-0.2, -0.15) is 0 Å². The molecule has 2 rings (SSSR count). The molecular formula is C36H61GdN7O15+3. The molecule has 59 heavy (non-hydrogen) atoms. The molecule has 3 amide bonds. The summed E-state index contributed by atoms with van der Waals surface area (Å²) in [5.74, 6) is -4.64. The summed E-state index contributed by atoms with van der Waals surface area (Å²) in [5, 5.41) is 91.2. The second-order valence-corrected chi connectivity index (χ2v) is 13.7. The van der Waals surface area contributed by atoms with Gasteiger partial charge >= 0.3 is 51.9 Å². The number of hydrogen-bond donors (Lipinski definition) is 12. The van der Waals surface area contributed by atoms with Crippen molar-refractivity contribution in [2.45, 2.75) is 88.9 Å². The zero-order chi connectivity index (χ0) is 43.6. The second kappa shape index (κ2) is 31.8. The van der Waals surface area contributed by atoms with Gasteiger partial charge in [-0.15, -0.1) is 0 Å². The summed E-state index contributed by atoms with van der Waals surface area (Å²) in [6.45, 7) is 0.250. The molecule has 3 unspecified atom stereocenters. The fraction of sp³-hybridized carbons (Fsp3) is 0.694. The number of nitrogens with one attached hydrogen (secondary N) is 3. The molecule has 1 radical (unpaired) electrons. The molecule has 0 aliphatic carbocycles. The third-order valence-electron chi connectivity index (χ3n) is 8.85. The number of amides is 3. The van der Waals surface area contributed by atoms with Crippen LogP contribution in [0.4, 0.5) is 0 Å². The first-order valence-corrected chi connectivity index (χ1v) is 19.0. The zero-order valence-electron chi connectivity index (χ0n) is 33.2. The van der Waals surface area contributed by atoms with Gasteiger partial charge in [-0.05, 0) is 37.9 Å². The van der Waals surface area contributed by atoms with Gasteiger partial charge < -0.3 is 61.9 Å². The van der Waals surface area contributed by atoms with Gasteiger partial charge in [0, 0.05) is 85.1 Å². The van der Waals surface area contributed by atoms with Crippen LogP contribution in [0.2, 0.25) is 0 Å². The Morgan fingerprint density at radius 2 is 1.03 bits per heavy atom. The smallest absolute Gasteiger partial charge is 0.481 e. The van der Waals surface area contributed by atoms with Crippen LogP contribution in [0.25, 0.3) is 0 Å². The van der Waals surface area contributed by atoms with Gasteiger partial charge in [0.05, 0.1) is 49.5 Å². The van der Waals surface area contributed by atoms with E-state index in [-0.39, 0.29) is 124 Å². The monoisotopic (exact) mass is 989 g/mol. The van der Waals surface area contributed by atoms with Gasteiger partial charge in [0.1, 0.15) is 12.1 Å². The summed E-state index contributed by atoms with van der Waals surface area (Å²) < 4.78 is 0. The van der Waals surface area contributed by atoms with Crippen LogP contribution in [-0.4, -0.2) is 204 Å². The van der Waals surface area contributed by atoms with E-state index in [2.05, 4.69) is 16.0 Å². The molecule has 0 fully saturated rings. The number of carbonyl (C=O) groups is 6. The Morgan fingerprint density at radius 1 is 0.644 bits per heavy atom. The molecule has 2 heterocycles. The van der Waals surface area contributed by atoms with Crippen LogP contribution < -0.4 is 16.0 Å². The minimum atomic E-state index is -1.22. The van der Waals surface area contributed by atoms with Crippen LogP contribution in [0.5, 0.6) is 0 Å². The molecule has 0 saturated carbocycles. The molecule has 1 aliphatic heterocycles. The Labute approximate surface area is 374 Å². The Hall–Kier alpha value is -3.07. The van der Waals surface area contributed by atoms with Crippen molar-refractivity contribution < 1.29 is 115 Å². The predicted molar refractivity (Wildman–Crippen MR) is 204 cm³/mol. The number of aliphatic carboxylic acids is 3. The molecule has 0 saturated heterocycles. The van der Waals surface area contributed by atoms with E-state index in [0.29, 0.717) is 37.4 Å². The molecule has 1 aliphatic rings. The minimum absolute atomic E-state index is 0. The average molecular weight is 989 g/mol. The quantitative estimate of drug-likeness (QED) is 0.0494. The van der Waals surface area contributed by atoms with Crippen LogP contribution in [0.3, 0.4) is 0 Å². The summed E-state index contributed by atoms with van der Waals surface area (Å²) in [4.78, 5) is 81.6. The molecule has 1 aromatic heterocycles. The molecule has 5 atom stereocenters. The van der Waals surface area contributed by atoms with Crippen LogP contribution in [0.1, 0.15) is 56.8 Å². The van der Waals surface area contributed by atoms with E-state index in [1.807, 2.05) is 4.90 Å². The van der Waals surface area contributed by atoms with E-state index in [1.54, 1.807) is 28.0 Å². The third-order valence-corrected chi connectivity index (χ3v) is 8.85. The number of carbonyl (C=O) groups excluding carboxylic acids is 3. The molecule has 1 aromatic rings. The van der Waals surface area contributed by atoms with Gasteiger partial charge in [0.15, 0.2) is 0 Å². The topological polar surface area (TPSA) is 343 Å². The maximum absolute atomic E-state index is 12.7. The van der Waals surface area contributed by atoms with E-state index in [1.165, 1.54) is 0 Å². The van der Waals surface area contributed by atoms with Crippen molar-refractivity contribution in [2.75, 3.05) is 72.2 Å². The summed E-state index contributed by atoms with van der Waals surface area (Å²) in [6, 6.07) is 2.93. The first-order chi connectivity index (χ1) is 27.5. The Balaban J connectivity index is 0.00000641. The number of aromatic nitrogens is 1. The Kier molecular flexibility index (Phi) is 30.1. The largest absolute Gasteiger partial charge is 3.00 e. The van der Waals surface area contributed by atoms with E-state index in [4.69, 9.17) is 30.2 Å². The first-order valence-electron chi connectivity index (χ1n) is 19.0. The van der Waals surface area contributed by atoms with Crippen molar-refractivity contribution in [2.24, 2.45) is 0 Å². The van der Waals surface area contributed by atoms with Gasteiger partial charge in [0.25, 0.3) is 5.97 Å². The molecule has 0 aromatic carbocycles. The third kappa shape index (κ3) is 25.3. The van der Waals surface area contributed by atoms with E-state index >= 15 is 0 Å². The van der Waals surface area contributed by atoms with Gasteiger partial charge in [0.2, 0.25) is 17.7 Å². The zero-order valence-corrected chi connectivity index (χ0v) is 35.4. The SMILES string of the molecule is CC(=O)O.O=C(CCCN1CCN([C@H](CCC(=O)NCC(O)CO)C(=O)O)CCN([C@H](CCC(=O)NCC(O)CO)C(=O)O)Cc2cccc(n2)C1)NCC(O)CO.[Gd+3]. The summed E-state index contributed by atoms with van der Waals surface area (Å²) in [5.41, 5.74) is 1.17. The van der Waals surface area contributed by atoms with Gasteiger partial charge in [-0.25, -0.2) is 0 Å². The molecule has 12 N–H and O–H groups in total.